The van der Waals surface area contributed by atoms with Crippen LogP contribution in [0.25, 0.3) is 0 Å². The monoisotopic (exact) mass is 159 g/mol. The topological polar surface area (TPSA) is 66.4 Å². The molecule has 1 rings (SSSR count). The van der Waals surface area contributed by atoms with Crippen molar-refractivity contribution in [3.05, 3.63) is 22.7 Å². The molecule has 10 heavy (non-hydrogen) atoms. The van der Waals surface area contributed by atoms with E-state index in [1.54, 1.807) is 0 Å². The summed E-state index contributed by atoms with van der Waals surface area (Å²) in [4.78, 5) is 10.2. The molecule has 1 atom stereocenters. The Bertz CT molecular complexity index is 243. The van der Waals surface area contributed by atoms with Gasteiger partial charge in [-0.3, -0.25) is 4.21 Å². The van der Waals surface area contributed by atoms with E-state index in [1.807, 2.05) is 0 Å². The highest BCUT2D eigenvalue weighted by molar-refractivity contribution is 7.90. The van der Waals surface area contributed by atoms with Crippen molar-refractivity contribution in [2.45, 2.75) is 0 Å². The third kappa shape index (κ3) is 1.44. The van der Waals surface area contributed by atoms with Crippen molar-refractivity contribution in [3.63, 3.8) is 0 Å². The van der Waals surface area contributed by atoms with Crippen molar-refractivity contribution in [3.8, 4) is 0 Å². The zero-order valence-corrected chi connectivity index (χ0v) is 5.72. The third-order valence-electron chi connectivity index (χ3n) is 0.905. The minimum absolute atomic E-state index is 0.0409. The van der Waals surface area contributed by atoms with Crippen LogP contribution in [0, 0.1) is 0 Å². The highest BCUT2D eigenvalue weighted by atomic mass is 32.2. The van der Waals surface area contributed by atoms with Gasteiger partial charge in [0.05, 0.1) is 10.8 Å². The van der Waals surface area contributed by atoms with E-state index in [0.717, 1.165) is 5.41 Å². The van der Waals surface area contributed by atoms with Crippen LogP contribution in [-0.4, -0.2) is 15.3 Å². The summed E-state index contributed by atoms with van der Waals surface area (Å²) in [6, 6.07) is 0. The lowest BCUT2D eigenvalue weighted by Crippen LogP contribution is -2.17. The lowest BCUT2D eigenvalue weighted by molar-refractivity contribution is -0.132. The largest absolute Gasteiger partial charge is 0.477 e. The molecule has 5 heteroatoms. The first-order valence-electron chi connectivity index (χ1n) is 2.48. The molecule has 0 aromatic carbocycles. The first-order chi connectivity index (χ1) is 4.70. The van der Waals surface area contributed by atoms with Gasteiger partial charge in [-0.05, 0) is 0 Å². The van der Waals surface area contributed by atoms with E-state index in [2.05, 4.69) is 5.32 Å². The number of rotatable bonds is 1. The zero-order valence-electron chi connectivity index (χ0n) is 4.90. The molecule has 0 amide bonds. The Labute approximate surface area is 59.7 Å². The number of carboxylic acids is 1. The summed E-state index contributed by atoms with van der Waals surface area (Å²) in [7, 11) is -1.28. The summed E-state index contributed by atoms with van der Waals surface area (Å²) in [5.41, 5.74) is -0.0409. The third-order valence-corrected chi connectivity index (χ3v) is 1.78. The number of nitrogens with one attached hydrogen (secondary N) is 1. The van der Waals surface area contributed by atoms with Gasteiger partial charge >= 0.3 is 5.97 Å². The van der Waals surface area contributed by atoms with Gasteiger partial charge in [0.15, 0.2) is 0 Å². The van der Waals surface area contributed by atoms with Crippen molar-refractivity contribution in [1.29, 1.82) is 0 Å². The molecular weight excluding hydrogens is 154 g/mol. The van der Waals surface area contributed by atoms with Gasteiger partial charge in [-0.2, -0.15) is 0 Å². The molecule has 1 heterocycles. The number of carbonyl (C=O) groups is 1. The van der Waals surface area contributed by atoms with E-state index in [0.29, 0.717) is 0 Å². The number of carboxylic acid groups (broad SMARTS) is 1. The predicted molar refractivity (Wildman–Crippen MR) is 36.1 cm³/mol. The maximum atomic E-state index is 10.6. The second-order valence-electron chi connectivity index (χ2n) is 1.61. The van der Waals surface area contributed by atoms with Crippen LogP contribution in [0.1, 0.15) is 0 Å². The fraction of sp³-hybridized carbons (Fsp3) is 0. The van der Waals surface area contributed by atoms with Crippen molar-refractivity contribution in [1.82, 2.24) is 5.32 Å². The van der Waals surface area contributed by atoms with E-state index < -0.39 is 16.8 Å². The van der Waals surface area contributed by atoms with Crippen molar-refractivity contribution in [2.24, 2.45) is 0 Å². The van der Waals surface area contributed by atoms with Crippen LogP contribution in [0.4, 0.5) is 0 Å². The standard InChI is InChI=1S/C5H5NO3S/c7-5(8)4-3-10(9)2-1-6-4/h1-3,6H,(H,7,8). The van der Waals surface area contributed by atoms with Crippen LogP contribution >= 0.6 is 0 Å². The Balaban J connectivity index is 2.81. The van der Waals surface area contributed by atoms with E-state index in [1.165, 1.54) is 11.6 Å². The molecule has 0 aromatic heterocycles. The summed E-state index contributed by atoms with van der Waals surface area (Å²) in [6.07, 6.45) is 1.35. The molecule has 0 saturated heterocycles. The van der Waals surface area contributed by atoms with E-state index >= 15 is 0 Å². The summed E-state index contributed by atoms with van der Waals surface area (Å²) in [5, 5.41) is 13.3. The highest BCUT2D eigenvalue weighted by Crippen LogP contribution is 2.00. The second kappa shape index (κ2) is 2.66. The molecule has 54 valence electrons. The average Bonchev–Trinajstić information content (AvgIpc) is 1.88. The molecule has 0 aromatic rings. The summed E-state index contributed by atoms with van der Waals surface area (Å²) in [5.74, 6) is -1.10. The lowest BCUT2D eigenvalue weighted by Gasteiger charge is -2.03. The first kappa shape index (κ1) is 7.01. The molecular formula is C5H5NO3S. The maximum Gasteiger partial charge on any atom is 0.352 e. The second-order valence-corrected chi connectivity index (χ2v) is 2.78. The maximum absolute atomic E-state index is 10.6. The molecule has 2 N–H and O–H groups in total. The SMILES string of the molecule is O=C(O)C1=CS(=O)C=CN1. The van der Waals surface area contributed by atoms with Crippen LogP contribution < -0.4 is 5.32 Å². The Morgan fingerprint density at radius 2 is 2.40 bits per heavy atom. The lowest BCUT2D eigenvalue weighted by atomic mass is 10.5. The van der Waals surface area contributed by atoms with Crippen LogP contribution in [0.3, 0.4) is 0 Å². The number of hydrogen-bond donors (Lipinski definition) is 2. The van der Waals surface area contributed by atoms with Gasteiger partial charge in [-0.25, -0.2) is 4.79 Å². The van der Waals surface area contributed by atoms with E-state index in [-0.39, 0.29) is 5.70 Å². The van der Waals surface area contributed by atoms with E-state index in [4.69, 9.17) is 5.11 Å². The molecule has 1 unspecified atom stereocenters. The minimum atomic E-state index is -1.28. The molecule has 0 radical (unpaired) electrons. The summed E-state index contributed by atoms with van der Waals surface area (Å²) >= 11 is 0. The van der Waals surface area contributed by atoms with E-state index in [9.17, 15) is 9.00 Å². The molecule has 1 aliphatic heterocycles. The molecule has 0 aliphatic carbocycles. The van der Waals surface area contributed by atoms with Crippen LogP contribution in [0.5, 0.6) is 0 Å². The van der Waals surface area contributed by atoms with Gasteiger partial charge in [0.2, 0.25) is 0 Å². The quantitative estimate of drug-likeness (QED) is 0.553. The van der Waals surface area contributed by atoms with Gasteiger partial charge in [-0.15, -0.1) is 0 Å². The van der Waals surface area contributed by atoms with Gasteiger partial charge in [-0.1, -0.05) is 0 Å². The van der Waals surface area contributed by atoms with Crippen LogP contribution in [-0.2, 0) is 15.6 Å². The summed E-state index contributed by atoms with van der Waals surface area (Å²) < 4.78 is 10.6. The molecule has 0 spiro atoms. The molecule has 0 bridgehead atoms. The molecule has 1 aliphatic rings. The predicted octanol–water partition coefficient (Wildman–Crippen LogP) is -0.264. The first-order valence-corrected chi connectivity index (χ1v) is 3.75. The Kier molecular flexibility index (Phi) is 1.86. The fourth-order valence-electron chi connectivity index (χ4n) is 0.492. The Morgan fingerprint density at radius 1 is 1.70 bits per heavy atom. The van der Waals surface area contributed by atoms with Gasteiger partial charge in [0.1, 0.15) is 5.70 Å². The highest BCUT2D eigenvalue weighted by Gasteiger charge is 2.08. The van der Waals surface area contributed by atoms with Crippen molar-refractivity contribution < 1.29 is 14.1 Å². The number of hydrogen-bond acceptors (Lipinski definition) is 3. The van der Waals surface area contributed by atoms with Crippen molar-refractivity contribution >= 4 is 16.8 Å². The van der Waals surface area contributed by atoms with Gasteiger partial charge < -0.3 is 10.4 Å². The summed E-state index contributed by atoms with van der Waals surface area (Å²) in [6.45, 7) is 0. The molecule has 0 fully saturated rings. The van der Waals surface area contributed by atoms with Crippen LogP contribution in [0.15, 0.2) is 22.7 Å². The zero-order chi connectivity index (χ0) is 7.56. The van der Waals surface area contributed by atoms with Gasteiger partial charge in [0.25, 0.3) is 0 Å². The smallest absolute Gasteiger partial charge is 0.352 e. The van der Waals surface area contributed by atoms with Crippen LogP contribution in [0.2, 0.25) is 0 Å². The fourth-order valence-corrected chi connectivity index (χ4v) is 1.17. The molecule has 0 saturated carbocycles. The Morgan fingerprint density at radius 3 is 2.80 bits per heavy atom. The van der Waals surface area contributed by atoms with Gasteiger partial charge in [0, 0.05) is 17.0 Å². The number of aliphatic carboxylic acids is 1. The normalized spacial score (nSPS) is 23.2. The van der Waals surface area contributed by atoms with Crippen molar-refractivity contribution in [2.75, 3.05) is 0 Å². The average molecular weight is 159 g/mol. The molecule has 4 nitrogen and oxygen atoms in total. The minimum Gasteiger partial charge on any atom is -0.477 e. The Hall–Kier alpha value is -1.10.